The third-order valence-electron chi connectivity index (χ3n) is 3.46. The molecule has 0 saturated carbocycles. The summed E-state index contributed by atoms with van der Waals surface area (Å²) in [4.78, 5) is 35.2. The van der Waals surface area contributed by atoms with Crippen LogP contribution in [0.5, 0.6) is 0 Å². The number of ketones is 1. The van der Waals surface area contributed by atoms with Crippen molar-refractivity contribution in [2.24, 2.45) is 0 Å². The summed E-state index contributed by atoms with van der Waals surface area (Å²) in [7, 11) is 0. The maximum absolute atomic E-state index is 13.0. The summed E-state index contributed by atoms with van der Waals surface area (Å²) in [5.74, 6) is -1.01. The van der Waals surface area contributed by atoms with Crippen LogP contribution in [0, 0.1) is 0 Å². The molecule has 6 heteroatoms. The molecule has 0 heterocycles. The molecule has 0 aliphatic carbocycles. The van der Waals surface area contributed by atoms with Crippen LogP contribution in [-0.4, -0.2) is 34.3 Å². The fourth-order valence-electron chi connectivity index (χ4n) is 2.28. The van der Waals surface area contributed by atoms with Gasteiger partial charge in [-0.3, -0.25) is 14.4 Å². The molecule has 0 fully saturated rings. The van der Waals surface area contributed by atoms with Gasteiger partial charge in [-0.2, -0.15) is 0 Å². The van der Waals surface area contributed by atoms with Gasteiger partial charge in [0, 0.05) is 29.5 Å². The predicted molar refractivity (Wildman–Crippen MR) is 104 cm³/mol. The number of carboxylic acids is 1. The maximum atomic E-state index is 13.0. The number of nitrogens with one attached hydrogen (secondary N) is 1. The number of carbonyl (C=O) groups is 3. The fourth-order valence-corrected chi connectivity index (χ4v) is 2.85. The second kappa shape index (κ2) is 9.58. The van der Waals surface area contributed by atoms with Crippen LogP contribution in [0.25, 0.3) is 6.08 Å². The molecule has 0 aliphatic heterocycles. The Labute approximate surface area is 156 Å². The molecule has 0 saturated heterocycles. The number of para-hydroxylation sites is 1. The minimum Gasteiger partial charge on any atom is -0.480 e. The van der Waals surface area contributed by atoms with Crippen molar-refractivity contribution in [2.45, 2.75) is 6.92 Å². The fraction of sp³-hybridized carbons (Fsp3) is 0.150. The van der Waals surface area contributed by atoms with Crippen LogP contribution in [0.4, 0.5) is 5.69 Å². The van der Waals surface area contributed by atoms with Gasteiger partial charge in [-0.15, -0.1) is 0 Å². The molecule has 2 aromatic rings. The topological polar surface area (TPSA) is 83.5 Å². The number of thioether (sulfide) groups is 1. The van der Waals surface area contributed by atoms with E-state index in [4.69, 9.17) is 5.11 Å². The Bertz CT molecular complexity index is 831. The summed E-state index contributed by atoms with van der Waals surface area (Å²) in [5, 5.41) is 11.5. The lowest BCUT2D eigenvalue weighted by molar-refractivity contribution is -0.134. The van der Waals surface area contributed by atoms with Crippen LogP contribution in [0.1, 0.15) is 22.8 Å². The summed E-state index contributed by atoms with van der Waals surface area (Å²) in [6.07, 6.45) is 1.76. The SMILES string of the molecule is CC(=O)SC/C(=C/c1ccccc1)C(=O)c1ccccc1NCC(=O)O. The van der Waals surface area contributed by atoms with Gasteiger partial charge in [0.05, 0.1) is 0 Å². The first-order chi connectivity index (χ1) is 12.5. The average Bonchev–Trinajstić information content (AvgIpc) is 2.63. The predicted octanol–water partition coefficient (Wildman–Crippen LogP) is 3.73. The minimum atomic E-state index is -1.01. The standard InChI is InChI=1S/C20H19NO4S/c1-14(22)26-13-16(11-15-7-3-2-4-8-15)20(25)17-9-5-6-10-18(17)21-12-19(23)24/h2-11,21H,12-13H2,1H3,(H,23,24)/b16-11-. The second-order valence-electron chi connectivity index (χ2n) is 5.48. The molecule has 26 heavy (non-hydrogen) atoms. The first kappa shape index (κ1) is 19.5. The first-order valence-electron chi connectivity index (χ1n) is 7.95. The van der Waals surface area contributed by atoms with Crippen molar-refractivity contribution in [3.8, 4) is 0 Å². The molecule has 0 aliphatic rings. The normalized spacial score (nSPS) is 11.0. The molecule has 0 unspecified atom stereocenters. The van der Waals surface area contributed by atoms with E-state index in [2.05, 4.69) is 5.32 Å². The second-order valence-corrected chi connectivity index (χ2v) is 6.63. The highest BCUT2D eigenvalue weighted by Gasteiger charge is 2.17. The van der Waals surface area contributed by atoms with E-state index in [1.165, 1.54) is 6.92 Å². The van der Waals surface area contributed by atoms with Gasteiger partial charge in [0.15, 0.2) is 10.9 Å². The number of aliphatic carboxylic acids is 1. The lowest BCUT2D eigenvalue weighted by Gasteiger charge is -2.12. The number of rotatable bonds is 8. The lowest BCUT2D eigenvalue weighted by Crippen LogP contribution is -2.16. The van der Waals surface area contributed by atoms with E-state index in [1.807, 2.05) is 30.3 Å². The number of carboxylic acid groups (broad SMARTS) is 1. The summed E-state index contributed by atoms with van der Waals surface area (Å²) in [6, 6.07) is 16.1. The Morgan fingerprint density at radius 1 is 1.04 bits per heavy atom. The van der Waals surface area contributed by atoms with Gasteiger partial charge >= 0.3 is 5.97 Å². The maximum Gasteiger partial charge on any atom is 0.322 e. The highest BCUT2D eigenvalue weighted by molar-refractivity contribution is 8.13. The van der Waals surface area contributed by atoms with E-state index in [1.54, 1.807) is 30.3 Å². The van der Waals surface area contributed by atoms with Crippen molar-refractivity contribution in [2.75, 3.05) is 17.6 Å². The number of carbonyl (C=O) groups excluding carboxylic acids is 2. The van der Waals surface area contributed by atoms with Crippen LogP contribution < -0.4 is 5.32 Å². The van der Waals surface area contributed by atoms with E-state index in [-0.39, 0.29) is 23.2 Å². The number of hydrogen-bond acceptors (Lipinski definition) is 5. The molecule has 5 nitrogen and oxygen atoms in total. The van der Waals surface area contributed by atoms with E-state index in [9.17, 15) is 14.4 Å². The zero-order chi connectivity index (χ0) is 18.9. The third kappa shape index (κ3) is 5.89. The Morgan fingerprint density at radius 3 is 2.35 bits per heavy atom. The number of benzene rings is 2. The van der Waals surface area contributed by atoms with E-state index < -0.39 is 5.97 Å². The van der Waals surface area contributed by atoms with E-state index in [0.717, 1.165) is 17.3 Å². The summed E-state index contributed by atoms with van der Waals surface area (Å²) in [5.41, 5.74) is 2.16. The lowest BCUT2D eigenvalue weighted by atomic mass is 10.0. The molecule has 2 aromatic carbocycles. The zero-order valence-corrected chi connectivity index (χ0v) is 15.1. The van der Waals surface area contributed by atoms with E-state index in [0.29, 0.717) is 16.8 Å². The molecule has 0 atom stereocenters. The monoisotopic (exact) mass is 369 g/mol. The van der Waals surface area contributed by atoms with E-state index >= 15 is 0 Å². The summed E-state index contributed by atoms with van der Waals surface area (Å²) < 4.78 is 0. The smallest absolute Gasteiger partial charge is 0.322 e. The van der Waals surface area contributed by atoms with Gasteiger partial charge in [-0.05, 0) is 23.8 Å². The number of anilines is 1. The van der Waals surface area contributed by atoms with Crippen molar-refractivity contribution in [1.29, 1.82) is 0 Å². The van der Waals surface area contributed by atoms with Gasteiger partial charge in [0.2, 0.25) is 0 Å². The van der Waals surface area contributed by atoms with Crippen LogP contribution in [0.3, 0.4) is 0 Å². The largest absolute Gasteiger partial charge is 0.480 e. The third-order valence-corrected chi connectivity index (χ3v) is 4.33. The summed E-state index contributed by atoms with van der Waals surface area (Å²) in [6.45, 7) is 1.17. The summed E-state index contributed by atoms with van der Waals surface area (Å²) >= 11 is 1.06. The molecule has 2 rings (SSSR count). The molecule has 134 valence electrons. The Hall–Kier alpha value is -2.86. The van der Waals surface area contributed by atoms with Gasteiger partial charge in [-0.1, -0.05) is 54.2 Å². The zero-order valence-electron chi connectivity index (χ0n) is 14.3. The quantitative estimate of drug-likeness (QED) is 0.545. The first-order valence-corrected chi connectivity index (χ1v) is 8.94. The molecular formula is C20H19NO4S. The molecule has 0 amide bonds. The number of hydrogen-bond donors (Lipinski definition) is 2. The van der Waals surface area contributed by atoms with Crippen molar-refractivity contribution in [3.63, 3.8) is 0 Å². The van der Waals surface area contributed by atoms with Crippen LogP contribution >= 0.6 is 11.8 Å². The number of Topliss-reactive ketones (excluding diaryl/α,β-unsaturated/α-hetero) is 1. The van der Waals surface area contributed by atoms with Crippen LogP contribution in [0.2, 0.25) is 0 Å². The van der Waals surface area contributed by atoms with Crippen LogP contribution in [0.15, 0.2) is 60.2 Å². The molecule has 0 bridgehead atoms. The highest BCUT2D eigenvalue weighted by atomic mass is 32.2. The van der Waals surface area contributed by atoms with Gasteiger partial charge in [0.25, 0.3) is 0 Å². The van der Waals surface area contributed by atoms with Gasteiger partial charge in [0.1, 0.15) is 6.54 Å². The molecule has 0 spiro atoms. The van der Waals surface area contributed by atoms with Crippen LogP contribution in [-0.2, 0) is 9.59 Å². The van der Waals surface area contributed by atoms with Crippen molar-refractivity contribution in [1.82, 2.24) is 0 Å². The molecule has 2 N–H and O–H groups in total. The van der Waals surface area contributed by atoms with Crippen molar-refractivity contribution >= 4 is 40.4 Å². The van der Waals surface area contributed by atoms with Crippen molar-refractivity contribution in [3.05, 3.63) is 71.3 Å². The molecule has 0 aromatic heterocycles. The Kier molecular flexibility index (Phi) is 7.17. The van der Waals surface area contributed by atoms with Gasteiger partial charge in [-0.25, -0.2) is 0 Å². The highest BCUT2D eigenvalue weighted by Crippen LogP contribution is 2.23. The van der Waals surface area contributed by atoms with Crippen molar-refractivity contribution < 1.29 is 19.5 Å². The minimum absolute atomic E-state index is 0.0750. The average molecular weight is 369 g/mol. The Morgan fingerprint density at radius 2 is 1.69 bits per heavy atom. The Balaban J connectivity index is 2.36. The van der Waals surface area contributed by atoms with Gasteiger partial charge < -0.3 is 10.4 Å². The molecule has 0 radical (unpaired) electrons. The molecular weight excluding hydrogens is 350 g/mol.